The van der Waals surface area contributed by atoms with Crippen molar-refractivity contribution in [1.29, 1.82) is 0 Å². The normalized spacial score (nSPS) is 15.9. The van der Waals surface area contributed by atoms with E-state index in [0.29, 0.717) is 11.4 Å². The van der Waals surface area contributed by atoms with Gasteiger partial charge in [0.05, 0.1) is 24.5 Å². The molecular weight excluding hydrogens is 382 g/mol. The summed E-state index contributed by atoms with van der Waals surface area (Å²) >= 11 is 0. The summed E-state index contributed by atoms with van der Waals surface area (Å²) in [6, 6.07) is 6.45. The van der Waals surface area contributed by atoms with Gasteiger partial charge in [0.2, 0.25) is 15.9 Å². The highest BCUT2D eigenvalue weighted by atomic mass is 32.2. The predicted molar refractivity (Wildman–Crippen MR) is 102 cm³/mol. The Bertz CT molecular complexity index is 1040. The van der Waals surface area contributed by atoms with Gasteiger partial charge in [0.25, 0.3) is 5.91 Å². The van der Waals surface area contributed by atoms with Crippen LogP contribution in [0.15, 0.2) is 35.5 Å². The van der Waals surface area contributed by atoms with Gasteiger partial charge in [-0.3, -0.25) is 14.2 Å². The van der Waals surface area contributed by atoms with Crippen molar-refractivity contribution in [2.75, 3.05) is 13.6 Å². The number of para-hydroxylation sites is 1. The Labute approximate surface area is 163 Å². The lowest BCUT2D eigenvalue weighted by Crippen LogP contribution is -2.42. The SMILES string of the molecule is CNC(=O)CN1Cc2c(C(=O)NC(C)(C)C)ncn2-c2ccccc2S1(=O)=O. The minimum atomic E-state index is -3.95. The minimum Gasteiger partial charge on any atom is -0.358 e. The minimum absolute atomic E-state index is 0.0535. The van der Waals surface area contributed by atoms with Crippen LogP contribution in [0.4, 0.5) is 0 Å². The Balaban J connectivity index is 2.17. The molecule has 9 nitrogen and oxygen atoms in total. The van der Waals surface area contributed by atoms with Crippen molar-refractivity contribution in [3.63, 3.8) is 0 Å². The van der Waals surface area contributed by atoms with Crippen LogP contribution in [0.5, 0.6) is 0 Å². The van der Waals surface area contributed by atoms with E-state index in [-0.39, 0.29) is 23.7 Å². The largest absolute Gasteiger partial charge is 0.358 e. The summed E-state index contributed by atoms with van der Waals surface area (Å²) in [4.78, 5) is 28.9. The molecule has 28 heavy (non-hydrogen) atoms. The van der Waals surface area contributed by atoms with E-state index in [0.717, 1.165) is 4.31 Å². The third-order valence-corrected chi connectivity index (χ3v) is 6.08. The van der Waals surface area contributed by atoms with E-state index in [1.54, 1.807) is 22.8 Å². The van der Waals surface area contributed by atoms with Crippen LogP contribution < -0.4 is 10.6 Å². The molecule has 0 saturated heterocycles. The lowest BCUT2D eigenvalue weighted by Gasteiger charge is -2.21. The summed E-state index contributed by atoms with van der Waals surface area (Å²) < 4.78 is 29.0. The summed E-state index contributed by atoms with van der Waals surface area (Å²) in [5, 5.41) is 5.28. The zero-order valence-corrected chi connectivity index (χ0v) is 17.0. The Hall–Kier alpha value is -2.72. The van der Waals surface area contributed by atoms with Crippen LogP contribution in [0.25, 0.3) is 5.69 Å². The molecule has 0 spiro atoms. The van der Waals surface area contributed by atoms with Gasteiger partial charge in [-0.25, -0.2) is 13.4 Å². The van der Waals surface area contributed by atoms with Gasteiger partial charge in [0.15, 0.2) is 5.69 Å². The molecule has 0 aliphatic carbocycles. The number of carbonyl (C=O) groups excluding carboxylic acids is 2. The molecule has 1 aromatic carbocycles. The van der Waals surface area contributed by atoms with Crippen LogP contribution >= 0.6 is 0 Å². The molecule has 0 radical (unpaired) electrons. The number of imidazole rings is 1. The zero-order chi connectivity index (χ0) is 20.7. The van der Waals surface area contributed by atoms with Crippen molar-refractivity contribution in [3.05, 3.63) is 42.0 Å². The van der Waals surface area contributed by atoms with Crippen LogP contribution in [0, 0.1) is 0 Å². The van der Waals surface area contributed by atoms with Crippen molar-refractivity contribution in [2.45, 2.75) is 37.8 Å². The first-order valence-corrected chi connectivity index (χ1v) is 10.2. The number of nitrogens with one attached hydrogen (secondary N) is 2. The molecule has 1 aromatic heterocycles. The highest BCUT2D eigenvalue weighted by Crippen LogP contribution is 2.31. The van der Waals surface area contributed by atoms with E-state index < -0.39 is 27.4 Å². The molecule has 150 valence electrons. The number of nitrogens with zero attached hydrogens (tertiary/aromatic N) is 3. The number of hydrogen-bond donors (Lipinski definition) is 2. The molecule has 2 N–H and O–H groups in total. The van der Waals surface area contributed by atoms with Crippen LogP contribution in [0.3, 0.4) is 0 Å². The number of benzene rings is 1. The number of carbonyl (C=O) groups is 2. The zero-order valence-electron chi connectivity index (χ0n) is 16.2. The van der Waals surface area contributed by atoms with Gasteiger partial charge in [0, 0.05) is 12.6 Å². The molecular formula is C18H23N5O4S. The number of amides is 2. The van der Waals surface area contributed by atoms with Gasteiger partial charge < -0.3 is 10.6 Å². The fourth-order valence-electron chi connectivity index (χ4n) is 2.97. The molecule has 2 aromatic rings. The molecule has 0 atom stereocenters. The highest BCUT2D eigenvalue weighted by Gasteiger charge is 2.36. The second-order valence-electron chi connectivity index (χ2n) is 7.53. The molecule has 10 heteroatoms. The summed E-state index contributed by atoms with van der Waals surface area (Å²) in [6.07, 6.45) is 1.44. The van der Waals surface area contributed by atoms with Gasteiger partial charge in [-0.05, 0) is 32.9 Å². The van der Waals surface area contributed by atoms with Crippen LogP contribution in [-0.2, 0) is 21.4 Å². The molecule has 1 aliphatic rings. The first-order valence-electron chi connectivity index (χ1n) is 8.73. The van der Waals surface area contributed by atoms with Gasteiger partial charge in [-0.1, -0.05) is 12.1 Å². The van der Waals surface area contributed by atoms with Crippen molar-refractivity contribution >= 4 is 21.8 Å². The standard InChI is InChI=1S/C18H23N5O4S/c1-18(2,3)21-17(25)16-13-9-22(10-15(24)19-4)28(26,27)14-8-6-5-7-12(14)23(13)11-20-16/h5-8,11H,9-10H2,1-4H3,(H,19,24)(H,21,25). The Morgan fingerprint density at radius 2 is 1.89 bits per heavy atom. The lowest BCUT2D eigenvalue weighted by molar-refractivity contribution is -0.120. The average molecular weight is 405 g/mol. The molecule has 0 saturated carbocycles. The molecule has 0 unspecified atom stereocenters. The summed E-state index contributed by atoms with van der Waals surface area (Å²) in [6.45, 7) is 5.02. The lowest BCUT2D eigenvalue weighted by atomic mass is 10.1. The Morgan fingerprint density at radius 1 is 1.21 bits per heavy atom. The van der Waals surface area contributed by atoms with Crippen molar-refractivity contribution in [2.24, 2.45) is 0 Å². The van der Waals surface area contributed by atoms with Gasteiger partial charge >= 0.3 is 0 Å². The van der Waals surface area contributed by atoms with E-state index >= 15 is 0 Å². The Morgan fingerprint density at radius 3 is 2.54 bits per heavy atom. The second kappa shape index (κ2) is 7.02. The summed E-state index contributed by atoms with van der Waals surface area (Å²) in [5.41, 5.74) is 0.437. The average Bonchev–Trinajstić information content (AvgIpc) is 2.99. The molecule has 2 amide bonds. The van der Waals surface area contributed by atoms with E-state index in [1.165, 1.54) is 19.4 Å². The summed E-state index contributed by atoms with van der Waals surface area (Å²) in [5.74, 6) is -0.854. The first kappa shape index (κ1) is 20.0. The van der Waals surface area contributed by atoms with Crippen LogP contribution in [0.2, 0.25) is 0 Å². The molecule has 0 fully saturated rings. The smallest absolute Gasteiger partial charge is 0.272 e. The van der Waals surface area contributed by atoms with E-state index in [9.17, 15) is 18.0 Å². The number of rotatable bonds is 3. The monoisotopic (exact) mass is 405 g/mol. The number of sulfonamides is 1. The molecule has 1 aliphatic heterocycles. The summed E-state index contributed by atoms with van der Waals surface area (Å²) in [7, 11) is -2.51. The molecule has 2 heterocycles. The van der Waals surface area contributed by atoms with Crippen molar-refractivity contribution in [3.8, 4) is 5.69 Å². The highest BCUT2D eigenvalue weighted by molar-refractivity contribution is 7.89. The first-order chi connectivity index (χ1) is 13.0. The quantitative estimate of drug-likeness (QED) is 0.778. The third kappa shape index (κ3) is 3.65. The maximum absolute atomic E-state index is 13.2. The van der Waals surface area contributed by atoms with E-state index in [2.05, 4.69) is 15.6 Å². The topological polar surface area (TPSA) is 113 Å². The number of likely N-dealkylation sites (N-methyl/N-ethyl adjacent to an activating group) is 1. The van der Waals surface area contributed by atoms with Crippen LogP contribution in [0.1, 0.15) is 37.0 Å². The number of hydrogen-bond acceptors (Lipinski definition) is 5. The fourth-order valence-corrected chi connectivity index (χ4v) is 4.51. The second-order valence-corrected chi connectivity index (χ2v) is 9.43. The van der Waals surface area contributed by atoms with Crippen molar-refractivity contribution in [1.82, 2.24) is 24.5 Å². The fraction of sp³-hybridized carbons (Fsp3) is 0.389. The third-order valence-electron chi connectivity index (χ3n) is 4.24. The van der Waals surface area contributed by atoms with Gasteiger partial charge in [-0.15, -0.1) is 0 Å². The number of fused-ring (bicyclic) bond motifs is 3. The van der Waals surface area contributed by atoms with Gasteiger partial charge in [0.1, 0.15) is 11.2 Å². The predicted octanol–water partition coefficient (Wildman–Crippen LogP) is 0.651. The molecule has 3 rings (SSSR count). The van der Waals surface area contributed by atoms with Crippen molar-refractivity contribution < 1.29 is 18.0 Å². The number of aromatic nitrogens is 2. The van der Waals surface area contributed by atoms with Gasteiger partial charge in [-0.2, -0.15) is 4.31 Å². The maximum Gasteiger partial charge on any atom is 0.272 e. The van der Waals surface area contributed by atoms with Crippen LogP contribution in [-0.4, -0.2) is 53.2 Å². The Kier molecular flexibility index (Phi) is 5.02. The molecule has 0 bridgehead atoms. The maximum atomic E-state index is 13.2. The van der Waals surface area contributed by atoms with E-state index in [1.807, 2.05) is 20.8 Å². The van der Waals surface area contributed by atoms with E-state index in [4.69, 9.17) is 0 Å².